The molecular formula is C14H18N4S. The Labute approximate surface area is 117 Å². The number of likely N-dealkylation sites (N-methyl/N-ethyl adjacent to an activating group) is 1. The zero-order valence-electron chi connectivity index (χ0n) is 11.3. The molecule has 0 atom stereocenters. The van der Waals surface area contributed by atoms with Crippen molar-refractivity contribution in [2.45, 2.75) is 32.1 Å². The molecule has 0 aromatic carbocycles. The number of aromatic nitrogens is 3. The molecule has 4 nitrogen and oxygen atoms in total. The first-order valence-corrected chi connectivity index (χ1v) is 7.54. The van der Waals surface area contributed by atoms with Gasteiger partial charge in [0.05, 0.1) is 11.2 Å². The maximum atomic E-state index is 4.37. The van der Waals surface area contributed by atoms with E-state index in [1.165, 1.54) is 23.4 Å². The molecule has 0 spiro atoms. The second kappa shape index (κ2) is 5.25. The maximum absolute atomic E-state index is 4.37. The maximum Gasteiger partial charge on any atom is 0.131 e. The number of nitrogens with zero attached hydrogens (tertiary/aromatic N) is 4. The molecule has 0 unspecified atom stereocenters. The van der Waals surface area contributed by atoms with Crippen molar-refractivity contribution >= 4 is 17.2 Å². The second-order valence-electron chi connectivity index (χ2n) is 5.11. The second-order valence-corrected chi connectivity index (χ2v) is 6.05. The topological polar surface area (TPSA) is 41.9 Å². The van der Waals surface area contributed by atoms with Crippen molar-refractivity contribution in [1.29, 1.82) is 0 Å². The van der Waals surface area contributed by atoms with Crippen LogP contribution in [0.2, 0.25) is 0 Å². The summed E-state index contributed by atoms with van der Waals surface area (Å²) < 4.78 is 0. The Morgan fingerprint density at radius 3 is 2.84 bits per heavy atom. The Kier molecular flexibility index (Phi) is 3.46. The molecule has 2 heterocycles. The third-order valence-corrected chi connectivity index (χ3v) is 4.57. The monoisotopic (exact) mass is 274 g/mol. The molecule has 3 rings (SSSR count). The van der Waals surface area contributed by atoms with Gasteiger partial charge in [0, 0.05) is 42.6 Å². The normalized spacial score (nSPS) is 14.6. The summed E-state index contributed by atoms with van der Waals surface area (Å²) in [7, 11) is 2.09. The molecule has 0 radical (unpaired) electrons. The van der Waals surface area contributed by atoms with Crippen molar-refractivity contribution in [3.63, 3.8) is 0 Å². The third kappa shape index (κ3) is 2.92. The average Bonchev–Trinajstić information content (AvgIpc) is 3.20. The van der Waals surface area contributed by atoms with Gasteiger partial charge in [-0.1, -0.05) is 0 Å². The Hall–Kier alpha value is -1.49. The number of thiazole rings is 1. The van der Waals surface area contributed by atoms with Crippen molar-refractivity contribution in [3.05, 3.63) is 34.2 Å². The van der Waals surface area contributed by atoms with Gasteiger partial charge in [-0.2, -0.15) is 0 Å². The number of hydrogen-bond donors (Lipinski definition) is 0. The Balaban J connectivity index is 1.64. The summed E-state index contributed by atoms with van der Waals surface area (Å²) >= 11 is 1.73. The summed E-state index contributed by atoms with van der Waals surface area (Å²) in [5, 5.41) is 0. The highest BCUT2D eigenvalue weighted by atomic mass is 32.1. The molecule has 0 N–H and O–H groups in total. The first kappa shape index (κ1) is 12.5. The van der Waals surface area contributed by atoms with E-state index < -0.39 is 0 Å². The Bertz CT molecular complexity index is 562. The van der Waals surface area contributed by atoms with Crippen LogP contribution in [-0.4, -0.2) is 28.5 Å². The number of hydrogen-bond acceptors (Lipinski definition) is 5. The van der Waals surface area contributed by atoms with Crippen LogP contribution in [0.5, 0.6) is 0 Å². The molecule has 1 aliphatic rings. The van der Waals surface area contributed by atoms with Crippen LogP contribution in [0.15, 0.2) is 17.9 Å². The van der Waals surface area contributed by atoms with Crippen molar-refractivity contribution in [2.24, 2.45) is 0 Å². The molecule has 2 aromatic heterocycles. The molecular weight excluding hydrogens is 256 g/mol. The molecule has 2 aromatic rings. The molecule has 19 heavy (non-hydrogen) atoms. The van der Waals surface area contributed by atoms with Crippen LogP contribution in [0, 0.1) is 6.92 Å². The van der Waals surface area contributed by atoms with E-state index in [9.17, 15) is 0 Å². The lowest BCUT2D eigenvalue weighted by atomic mass is 10.2. The summed E-state index contributed by atoms with van der Waals surface area (Å²) in [6.45, 7) is 3.03. The molecule has 0 bridgehead atoms. The fourth-order valence-corrected chi connectivity index (χ4v) is 2.89. The predicted molar refractivity (Wildman–Crippen MR) is 77.8 cm³/mol. The molecule has 1 saturated carbocycles. The van der Waals surface area contributed by atoms with Gasteiger partial charge in [-0.25, -0.2) is 15.0 Å². The molecule has 5 heteroatoms. The number of aryl methyl sites for hydroxylation is 1. The van der Waals surface area contributed by atoms with Gasteiger partial charge >= 0.3 is 0 Å². The van der Waals surface area contributed by atoms with Crippen LogP contribution in [0.4, 0.5) is 5.82 Å². The van der Waals surface area contributed by atoms with Gasteiger partial charge in [-0.05, 0) is 19.8 Å². The van der Waals surface area contributed by atoms with Crippen LogP contribution >= 0.6 is 11.3 Å². The van der Waals surface area contributed by atoms with Gasteiger partial charge in [-0.3, -0.25) is 0 Å². The SMILES string of the molecule is Cc1ncsc1CCN(C)c1cc(C2CC2)ncn1. The van der Waals surface area contributed by atoms with Crippen LogP contribution in [0.1, 0.15) is 35.0 Å². The quantitative estimate of drug-likeness (QED) is 0.841. The van der Waals surface area contributed by atoms with Crippen LogP contribution in [-0.2, 0) is 6.42 Å². The summed E-state index contributed by atoms with van der Waals surface area (Å²) in [5.74, 6) is 1.71. The van der Waals surface area contributed by atoms with Crippen LogP contribution < -0.4 is 4.90 Å². The van der Waals surface area contributed by atoms with Gasteiger partial charge in [0.1, 0.15) is 12.1 Å². The number of anilines is 1. The van der Waals surface area contributed by atoms with E-state index in [0.717, 1.165) is 24.5 Å². The lowest BCUT2D eigenvalue weighted by molar-refractivity contribution is 0.850. The molecule has 0 saturated heterocycles. The highest BCUT2D eigenvalue weighted by molar-refractivity contribution is 7.09. The van der Waals surface area contributed by atoms with Gasteiger partial charge < -0.3 is 4.90 Å². The molecule has 0 aliphatic heterocycles. The molecule has 0 amide bonds. The third-order valence-electron chi connectivity index (χ3n) is 3.58. The van der Waals surface area contributed by atoms with E-state index >= 15 is 0 Å². The van der Waals surface area contributed by atoms with Crippen molar-refractivity contribution in [2.75, 3.05) is 18.5 Å². The van der Waals surface area contributed by atoms with Gasteiger partial charge in [-0.15, -0.1) is 11.3 Å². The van der Waals surface area contributed by atoms with Gasteiger partial charge in [0.15, 0.2) is 0 Å². The van der Waals surface area contributed by atoms with E-state index in [1.54, 1.807) is 17.7 Å². The van der Waals surface area contributed by atoms with E-state index in [1.807, 2.05) is 5.51 Å². The molecule has 100 valence electrons. The zero-order chi connectivity index (χ0) is 13.2. The summed E-state index contributed by atoms with van der Waals surface area (Å²) in [6, 6.07) is 2.14. The van der Waals surface area contributed by atoms with E-state index in [4.69, 9.17) is 0 Å². The largest absolute Gasteiger partial charge is 0.359 e. The smallest absolute Gasteiger partial charge is 0.131 e. The van der Waals surface area contributed by atoms with E-state index in [-0.39, 0.29) is 0 Å². The minimum atomic E-state index is 0.680. The minimum absolute atomic E-state index is 0.680. The summed E-state index contributed by atoms with van der Waals surface area (Å²) in [4.78, 5) is 16.6. The van der Waals surface area contributed by atoms with E-state index in [2.05, 4.69) is 39.9 Å². The summed E-state index contributed by atoms with van der Waals surface area (Å²) in [6.07, 6.45) is 5.27. The predicted octanol–water partition coefficient (Wildman–Crippen LogP) is 2.80. The van der Waals surface area contributed by atoms with Gasteiger partial charge in [0.25, 0.3) is 0 Å². The van der Waals surface area contributed by atoms with E-state index in [0.29, 0.717) is 5.92 Å². The first-order valence-electron chi connectivity index (χ1n) is 6.66. The van der Waals surface area contributed by atoms with Crippen molar-refractivity contribution in [1.82, 2.24) is 15.0 Å². The molecule has 1 aliphatic carbocycles. The fraction of sp³-hybridized carbons (Fsp3) is 0.500. The zero-order valence-corrected chi connectivity index (χ0v) is 12.2. The average molecular weight is 274 g/mol. The molecule has 1 fully saturated rings. The first-order chi connectivity index (χ1) is 9.24. The number of rotatable bonds is 5. The highest BCUT2D eigenvalue weighted by Gasteiger charge is 2.25. The van der Waals surface area contributed by atoms with Crippen LogP contribution in [0.25, 0.3) is 0 Å². The standard InChI is InChI=1S/C14H18N4S/c1-10-13(19-9-17-10)5-6-18(2)14-7-12(11-3-4-11)15-8-16-14/h7-9,11H,3-6H2,1-2H3. The van der Waals surface area contributed by atoms with Gasteiger partial charge in [0.2, 0.25) is 0 Å². The lowest BCUT2D eigenvalue weighted by Gasteiger charge is -2.18. The summed E-state index contributed by atoms with van der Waals surface area (Å²) in [5.41, 5.74) is 4.27. The lowest BCUT2D eigenvalue weighted by Crippen LogP contribution is -2.21. The van der Waals surface area contributed by atoms with Crippen molar-refractivity contribution in [3.8, 4) is 0 Å². The fourth-order valence-electron chi connectivity index (χ4n) is 2.12. The van der Waals surface area contributed by atoms with Crippen LogP contribution in [0.3, 0.4) is 0 Å². The highest BCUT2D eigenvalue weighted by Crippen LogP contribution is 2.39. The Morgan fingerprint density at radius 1 is 1.32 bits per heavy atom. The van der Waals surface area contributed by atoms with Crippen molar-refractivity contribution < 1.29 is 0 Å². The Morgan fingerprint density at radius 2 is 2.16 bits per heavy atom. The minimum Gasteiger partial charge on any atom is -0.359 e.